The minimum Gasteiger partial charge on any atom is -0.357 e. The Hall–Kier alpha value is -1.52. The molecule has 0 radical (unpaired) electrons. The van der Waals surface area contributed by atoms with E-state index in [1.54, 1.807) is 0 Å². The second kappa shape index (κ2) is 3.56. The third kappa shape index (κ3) is 1.48. The van der Waals surface area contributed by atoms with Crippen LogP contribution >= 0.6 is 0 Å². The standard InChI is InChI=1S/C10H16N4O/c1-4-7-10(15)12-8-6(3)13-14(5-2)9(8)11-7/h7,11H,4-5H2,1-3H3,(H,12,15). The smallest absolute Gasteiger partial charge is 0.247 e. The maximum Gasteiger partial charge on any atom is 0.247 e. The van der Waals surface area contributed by atoms with Crippen LogP contribution in [0.15, 0.2) is 0 Å². The predicted octanol–water partition coefficient (Wildman–Crippen LogP) is 1.35. The number of nitrogens with one attached hydrogen (secondary N) is 2. The van der Waals surface area contributed by atoms with Gasteiger partial charge in [0.05, 0.1) is 5.69 Å². The molecule has 0 saturated heterocycles. The quantitative estimate of drug-likeness (QED) is 0.771. The van der Waals surface area contributed by atoms with Gasteiger partial charge in [0.1, 0.15) is 17.5 Å². The number of rotatable bonds is 2. The molecule has 2 rings (SSSR count). The highest BCUT2D eigenvalue weighted by molar-refractivity contribution is 6.02. The van der Waals surface area contributed by atoms with Gasteiger partial charge in [-0.2, -0.15) is 5.10 Å². The molecular formula is C10H16N4O. The zero-order valence-electron chi connectivity index (χ0n) is 9.29. The third-order valence-electron chi connectivity index (χ3n) is 2.71. The van der Waals surface area contributed by atoms with Gasteiger partial charge in [0.2, 0.25) is 5.91 Å². The first kappa shape index (κ1) is 10.0. The minimum atomic E-state index is -0.140. The molecule has 0 aromatic carbocycles. The number of aromatic nitrogens is 2. The maximum absolute atomic E-state index is 11.6. The summed E-state index contributed by atoms with van der Waals surface area (Å²) in [5.74, 6) is 0.963. The van der Waals surface area contributed by atoms with E-state index >= 15 is 0 Å². The van der Waals surface area contributed by atoms with Gasteiger partial charge in [-0.3, -0.25) is 4.79 Å². The molecule has 1 amide bonds. The molecule has 15 heavy (non-hydrogen) atoms. The Morgan fingerprint density at radius 1 is 1.47 bits per heavy atom. The van der Waals surface area contributed by atoms with Crippen LogP contribution in [0, 0.1) is 6.92 Å². The second-order valence-corrected chi connectivity index (χ2v) is 3.72. The molecule has 0 spiro atoms. The lowest BCUT2D eigenvalue weighted by molar-refractivity contribution is -0.117. The Labute approximate surface area is 88.8 Å². The lowest BCUT2D eigenvalue weighted by Crippen LogP contribution is -2.38. The van der Waals surface area contributed by atoms with E-state index in [2.05, 4.69) is 15.7 Å². The van der Waals surface area contributed by atoms with Crippen molar-refractivity contribution in [3.63, 3.8) is 0 Å². The van der Waals surface area contributed by atoms with Gasteiger partial charge in [-0.05, 0) is 20.3 Å². The van der Waals surface area contributed by atoms with Crippen LogP contribution in [-0.4, -0.2) is 21.7 Å². The summed E-state index contributed by atoms with van der Waals surface area (Å²) < 4.78 is 1.88. The molecule has 2 heterocycles. The van der Waals surface area contributed by atoms with E-state index < -0.39 is 0 Å². The summed E-state index contributed by atoms with van der Waals surface area (Å²) in [4.78, 5) is 11.6. The van der Waals surface area contributed by atoms with Crippen molar-refractivity contribution >= 4 is 17.4 Å². The molecule has 1 aliphatic rings. The van der Waals surface area contributed by atoms with Crippen molar-refractivity contribution in [2.45, 2.75) is 39.8 Å². The Morgan fingerprint density at radius 2 is 2.20 bits per heavy atom. The fourth-order valence-electron chi connectivity index (χ4n) is 1.83. The van der Waals surface area contributed by atoms with Crippen molar-refractivity contribution in [2.24, 2.45) is 0 Å². The Morgan fingerprint density at radius 3 is 2.80 bits per heavy atom. The first-order chi connectivity index (χ1) is 7.17. The predicted molar refractivity (Wildman–Crippen MR) is 59.0 cm³/mol. The van der Waals surface area contributed by atoms with Gasteiger partial charge < -0.3 is 10.6 Å². The monoisotopic (exact) mass is 208 g/mol. The second-order valence-electron chi connectivity index (χ2n) is 3.72. The molecule has 1 unspecified atom stereocenters. The summed E-state index contributed by atoms with van der Waals surface area (Å²) in [5, 5.41) is 10.5. The van der Waals surface area contributed by atoms with Gasteiger partial charge in [0, 0.05) is 6.54 Å². The average molecular weight is 208 g/mol. The van der Waals surface area contributed by atoms with Crippen LogP contribution in [-0.2, 0) is 11.3 Å². The Bertz CT molecular complexity index is 396. The molecule has 5 heteroatoms. The summed E-state index contributed by atoms with van der Waals surface area (Å²) in [5.41, 5.74) is 1.69. The lowest BCUT2D eigenvalue weighted by atomic mass is 10.1. The summed E-state index contributed by atoms with van der Waals surface area (Å²) in [6.45, 7) is 6.72. The number of amides is 1. The van der Waals surface area contributed by atoms with Crippen LogP contribution in [0.4, 0.5) is 11.5 Å². The molecule has 2 N–H and O–H groups in total. The molecule has 1 aromatic rings. The number of nitrogens with zero attached hydrogens (tertiary/aromatic N) is 2. The van der Waals surface area contributed by atoms with Crippen molar-refractivity contribution in [1.82, 2.24) is 9.78 Å². The fourth-order valence-corrected chi connectivity index (χ4v) is 1.83. The van der Waals surface area contributed by atoms with Crippen LogP contribution < -0.4 is 10.6 Å². The van der Waals surface area contributed by atoms with E-state index in [0.29, 0.717) is 0 Å². The van der Waals surface area contributed by atoms with E-state index in [1.807, 2.05) is 25.5 Å². The lowest BCUT2D eigenvalue weighted by Gasteiger charge is -2.24. The van der Waals surface area contributed by atoms with Gasteiger partial charge in [0.15, 0.2) is 0 Å². The molecule has 0 aliphatic carbocycles. The van der Waals surface area contributed by atoms with Crippen molar-refractivity contribution in [2.75, 3.05) is 10.6 Å². The van der Waals surface area contributed by atoms with Crippen molar-refractivity contribution in [3.05, 3.63) is 5.69 Å². The zero-order valence-corrected chi connectivity index (χ0v) is 9.29. The van der Waals surface area contributed by atoms with E-state index in [4.69, 9.17) is 0 Å². The van der Waals surface area contributed by atoms with Crippen molar-refractivity contribution in [3.8, 4) is 0 Å². The van der Waals surface area contributed by atoms with Gasteiger partial charge in [0.25, 0.3) is 0 Å². The van der Waals surface area contributed by atoms with Crippen LogP contribution in [0.3, 0.4) is 0 Å². The molecular weight excluding hydrogens is 192 g/mol. The van der Waals surface area contributed by atoms with E-state index in [-0.39, 0.29) is 11.9 Å². The molecule has 82 valence electrons. The normalized spacial score (nSPS) is 19.4. The first-order valence-corrected chi connectivity index (χ1v) is 5.32. The summed E-state index contributed by atoms with van der Waals surface area (Å²) in [7, 11) is 0. The largest absolute Gasteiger partial charge is 0.357 e. The number of anilines is 2. The summed E-state index contributed by atoms with van der Waals surface area (Å²) in [6.07, 6.45) is 0.777. The van der Waals surface area contributed by atoms with Gasteiger partial charge in [-0.25, -0.2) is 4.68 Å². The number of hydrogen-bond donors (Lipinski definition) is 2. The van der Waals surface area contributed by atoms with Crippen LogP contribution in [0.5, 0.6) is 0 Å². The fraction of sp³-hybridized carbons (Fsp3) is 0.600. The maximum atomic E-state index is 11.6. The number of carbonyl (C=O) groups is 1. The zero-order chi connectivity index (χ0) is 11.0. The summed E-state index contributed by atoms with van der Waals surface area (Å²) in [6, 6.07) is -0.140. The number of carbonyl (C=O) groups excluding carboxylic acids is 1. The average Bonchev–Trinajstić information content (AvgIpc) is 2.54. The van der Waals surface area contributed by atoms with Crippen LogP contribution in [0.1, 0.15) is 26.0 Å². The van der Waals surface area contributed by atoms with Gasteiger partial charge >= 0.3 is 0 Å². The number of fused-ring (bicyclic) bond motifs is 1. The minimum absolute atomic E-state index is 0.0313. The van der Waals surface area contributed by atoms with Crippen LogP contribution in [0.25, 0.3) is 0 Å². The molecule has 5 nitrogen and oxygen atoms in total. The number of aryl methyl sites for hydroxylation is 2. The highest BCUT2D eigenvalue weighted by Crippen LogP contribution is 2.30. The van der Waals surface area contributed by atoms with Crippen LogP contribution in [0.2, 0.25) is 0 Å². The first-order valence-electron chi connectivity index (χ1n) is 5.32. The number of hydrogen-bond acceptors (Lipinski definition) is 3. The van der Waals surface area contributed by atoms with E-state index in [1.165, 1.54) is 0 Å². The van der Waals surface area contributed by atoms with E-state index in [9.17, 15) is 4.79 Å². The molecule has 1 aliphatic heterocycles. The van der Waals surface area contributed by atoms with Crippen molar-refractivity contribution < 1.29 is 4.79 Å². The molecule has 0 saturated carbocycles. The SMILES string of the molecule is CCC1Nc2c(c(C)nn2CC)NC1=O. The third-order valence-corrected chi connectivity index (χ3v) is 2.71. The highest BCUT2D eigenvalue weighted by Gasteiger charge is 2.28. The van der Waals surface area contributed by atoms with Crippen molar-refractivity contribution in [1.29, 1.82) is 0 Å². The topological polar surface area (TPSA) is 59.0 Å². The van der Waals surface area contributed by atoms with Gasteiger partial charge in [-0.1, -0.05) is 6.92 Å². The molecule has 0 bridgehead atoms. The molecule has 1 atom stereocenters. The highest BCUT2D eigenvalue weighted by atomic mass is 16.2. The molecule has 0 fully saturated rings. The Balaban J connectivity index is 2.42. The molecule has 1 aromatic heterocycles. The summed E-state index contributed by atoms with van der Waals surface area (Å²) >= 11 is 0. The Kier molecular flexibility index (Phi) is 2.38. The van der Waals surface area contributed by atoms with E-state index in [0.717, 1.165) is 30.2 Å². The van der Waals surface area contributed by atoms with Gasteiger partial charge in [-0.15, -0.1) is 0 Å².